The van der Waals surface area contributed by atoms with E-state index in [0.717, 1.165) is 24.0 Å². The Morgan fingerprint density at radius 3 is 2.53 bits per heavy atom. The van der Waals surface area contributed by atoms with E-state index < -0.39 is 16.4 Å². The molecule has 3 aliphatic heterocycles. The van der Waals surface area contributed by atoms with Crippen molar-refractivity contribution >= 4 is 46.3 Å². The van der Waals surface area contributed by atoms with Crippen molar-refractivity contribution in [3.8, 4) is 0 Å². The lowest BCUT2D eigenvalue weighted by Crippen LogP contribution is -2.52. The number of fused-ring (bicyclic) bond motifs is 4. The van der Waals surface area contributed by atoms with Crippen LogP contribution >= 0.6 is 23.2 Å². The third kappa shape index (κ3) is 3.16. The molecule has 4 atom stereocenters. The Morgan fingerprint density at radius 1 is 1.06 bits per heavy atom. The third-order valence-electron chi connectivity index (χ3n) is 7.88. The van der Waals surface area contributed by atoms with Crippen molar-refractivity contribution in [2.45, 2.75) is 30.3 Å². The van der Waals surface area contributed by atoms with E-state index in [2.05, 4.69) is 10.2 Å². The zero-order valence-electron chi connectivity index (χ0n) is 19.0. The molecular formula is C27H21Cl2N3O4. The van der Waals surface area contributed by atoms with Gasteiger partial charge in [0.25, 0.3) is 5.69 Å². The van der Waals surface area contributed by atoms with Crippen molar-refractivity contribution in [3.63, 3.8) is 0 Å². The number of para-hydroxylation sites is 1. The van der Waals surface area contributed by atoms with Gasteiger partial charge >= 0.3 is 0 Å². The van der Waals surface area contributed by atoms with Gasteiger partial charge in [-0.25, -0.2) is 0 Å². The fourth-order valence-corrected chi connectivity index (χ4v) is 6.84. The zero-order chi connectivity index (χ0) is 25.2. The Balaban J connectivity index is 1.59. The highest BCUT2D eigenvalue weighted by molar-refractivity contribution is 6.42. The highest BCUT2D eigenvalue weighted by Gasteiger charge is 2.69. The molecule has 3 aromatic carbocycles. The first-order valence-electron chi connectivity index (χ1n) is 11.8. The number of amides is 1. The van der Waals surface area contributed by atoms with Gasteiger partial charge in [0.15, 0.2) is 5.78 Å². The van der Waals surface area contributed by atoms with Crippen LogP contribution in [-0.2, 0) is 10.3 Å². The molecule has 0 radical (unpaired) electrons. The molecule has 1 amide bonds. The van der Waals surface area contributed by atoms with Gasteiger partial charge in [-0.3, -0.25) is 24.6 Å². The maximum absolute atomic E-state index is 14.4. The van der Waals surface area contributed by atoms with Gasteiger partial charge in [0.05, 0.1) is 20.9 Å². The van der Waals surface area contributed by atoms with Crippen molar-refractivity contribution in [3.05, 3.63) is 104 Å². The predicted octanol–water partition coefficient (Wildman–Crippen LogP) is 5.81. The number of nitrogens with zero attached hydrogens (tertiary/aromatic N) is 2. The molecule has 1 N–H and O–H groups in total. The molecule has 0 aromatic heterocycles. The number of nitro benzene ring substituents is 1. The lowest BCUT2D eigenvalue weighted by molar-refractivity contribution is -0.384. The van der Waals surface area contributed by atoms with Gasteiger partial charge in [0.2, 0.25) is 5.91 Å². The van der Waals surface area contributed by atoms with E-state index in [-0.39, 0.29) is 34.4 Å². The van der Waals surface area contributed by atoms with Gasteiger partial charge in [-0.2, -0.15) is 0 Å². The maximum Gasteiger partial charge on any atom is 0.269 e. The first-order valence-corrected chi connectivity index (χ1v) is 12.5. The van der Waals surface area contributed by atoms with Crippen molar-refractivity contribution in [1.29, 1.82) is 0 Å². The number of carbonyl (C=O) groups excluding carboxylic acids is 2. The van der Waals surface area contributed by atoms with E-state index in [1.165, 1.54) is 12.1 Å². The largest absolute Gasteiger partial charge is 0.324 e. The molecule has 3 unspecified atom stereocenters. The minimum Gasteiger partial charge on any atom is -0.324 e. The molecular weight excluding hydrogens is 501 g/mol. The molecule has 182 valence electrons. The molecule has 0 aliphatic carbocycles. The number of benzene rings is 3. The van der Waals surface area contributed by atoms with Crippen LogP contribution in [0.1, 0.15) is 40.2 Å². The average molecular weight is 522 g/mol. The number of nitro groups is 1. The molecule has 2 saturated heterocycles. The Hall–Kier alpha value is -3.26. The minimum atomic E-state index is -1.20. The third-order valence-corrected chi connectivity index (χ3v) is 8.62. The molecule has 1 spiro atoms. The number of halogens is 2. The van der Waals surface area contributed by atoms with E-state index >= 15 is 0 Å². The highest BCUT2D eigenvalue weighted by atomic mass is 35.5. The summed E-state index contributed by atoms with van der Waals surface area (Å²) < 4.78 is 0. The smallest absolute Gasteiger partial charge is 0.269 e. The molecule has 2 fully saturated rings. The summed E-state index contributed by atoms with van der Waals surface area (Å²) in [7, 11) is 0. The zero-order valence-corrected chi connectivity index (χ0v) is 20.5. The number of nitrogens with one attached hydrogen (secondary N) is 1. The van der Waals surface area contributed by atoms with Crippen LogP contribution in [0.2, 0.25) is 10.0 Å². The van der Waals surface area contributed by atoms with Crippen molar-refractivity contribution in [2.75, 3.05) is 11.9 Å². The number of non-ortho nitro benzene ring substituents is 1. The van der Waals surface area contributed by atoms with E-state index in [4.69, 9.17) is 23.2 Å². The standard InChI is InChI=1S/C27H21Cl2N3O4/c28-19-12-9-16(14-20(19)29)25(33)24-23(15-7-10-17(11-8-15)32(35)36)22-6-3-13-31(22)27(24)18-4-1-2-5-21(18)30-26(27)34/h1-2,4-5,7-12,14,22-24H,3,6,13H2,(H,30,34)/t22?,23?,24?,27-/m1/s1. The van der Waals surface area contributed by atoms with Crippen LogP contribution in [0, 0.1) is 16.0 Å². The summed E-state index contributed by atoms with van der Waals surface area (Å²) in [5.74, 6) is -1.56. The molecule has 9 heteroatoms. The fraction of sp³-hybridized carbons (Fsp3) is 0.259. The molecule has 3 aromatic rings. The molecule has 7 nitrogen and oxygen atoms in total. The van der Waals surface area contributed by atoms with Gasteiger partial charge in [0.1, 0.15) is 5.54 Å². The summed E-state index contributed by atoms with van der Waals surface area (Å²) >= 11 is 12.4. The molecule has 0 saturated carbocycles. The number of ketones is 1. The highest BCUT2D eigenvalue weighted by Crippen LogP contribution is 2.61. The summed E-state index contributed by atoms with van der Waals surface area (Å²) in [5, 5.41) is 14.9. The second kappa shape index (κ2) is 8.40. The number of hydrogen-bond donors (Lipinski definition) is 1. The van der Waals surface area contributed by atoms with Gasteiger partial charge < -0.3 is 5.32 Å². The number of Topliss-reactive ketones (excluding diaryl/α,β-unsaturated/α-hetero) is 1. The molecule has 36 heavy (non-hydrogen) atoms. The maximum atomic E-state index is 14.4. The summed E-state index contributed by atoms with van der Waals surface area (Å²) in [4.78, 5) is 41.4. The van der Waals surface area contributed by atoms with Gasteiger partial charge in [-0.1, -0.05) is 53.5 Å². The normalized spacial score (nSPS) is 26.6. The van der Waals surface area contributed by atoms with Crippen molar-refractivity contribution in [1.82, 2.24) is 4.90 Å². The van der Waals surface area contributed by atoms with Gasteiger partial charge in [-0.05, 0) is 49.2 Å². The Bertz CT molecular complexity index is 1430. The molecule has 3 heterocycles. The van der Waals surface area contributed by atoms with Crippen LogP contribution in [0.5, 0.6) is 0 Å². The lowest BCUT2D eigenvalue weighted by Gasteiger charge is -2.37. The van der Waals surface area contributed by atoms with E-state index in [9.17, 15) is 19.7 Å². The lowest BCUT2D eigenvalue weighted by atomic mass is 9.69. The first-order chi connectivity index (χ1) is 17.3. The summed E-state index contributed by atoms with van der Waals surface area (Å²) in [5.41, 5.74) is 1.43. The Labute approximate surface area is 217 Å². The summed E-state index contributed by atoms with van der Waals surface area (Å²) in [6.45, 7) is 0.668. The number of anilines is 1. The topological polar surface area (TPSA) is 92.5 Å². The number of carbonyl (C=O) groups is 2. The first kappa shape index (κ1) is 23.2. The van der Waals surface area contributed by atoms with E-state index in [1.54, 1.807) is 30.3 Å². The second-order valence-corrected chi connectivity index (χ2v) is 10.3. The Kier molecular flexibility index (Phi) is 5.41. The van der Waals surface area contributed by atoms with Crippen LogP contribution < -0.4 is 5.32 Å². The monoisotopic (exact) mass is 521 g/mol. The molecule has 6 rings (SSSR count). The molecule has 3 aliphatic rings. The molecule has 0 bridgehead atoms. The van der Waals surface area contributed by atoms with E-state index in [0.29, 0.717) is 22.8 Å². The van der Waals surface area contributed by atoms with Crippen LogP contribution in [0.3, 0.4) is 0 Å². The minimum absolute atomic E-state index is 0.0222. The fourth-order valence-electron chi connectivity index (χ4n) is 6.54. The van der Waals surface area contributed by atoms with E-state index in [1.807, 2.05) is 24.3 Å². The predicted molar refractivity (Wildman–Crippen MR) is 137 cm³/mol. The van der Waals surface area contributed by atoms with Crippen molar-refractivity contribution in [2.24, 2.45) is 5.92 Å². The van der Waals surface area contributed by atoms with Crippen LogP contribution in [0.4, 0.5) is 11.4 Å². The summed E-state index contributed by atoms with van der Waals surface area (Å²) in [6.07, 6.45) is 1.70. The quantitative estimate of drug-likeness (QED) is 0.265. The number of hydrogen-bond acceptors (Lipinski definition) is 5. The van der Waals surface area contributed by atoms with Crippen LogP contribution in [0.25, 0.3) is 0 Å². The van der Waals surface area contributed by atoms with Gasteiger partial charge in [0, 0.05) is 40.9 Å². The summed E-state index contributed by atoms with van der Waals surface area (Å²) in [6, 6.07) is 18.6. The SMILES string of the molecule is O=C(c1ccc(Cl)c(Cl)c1)C1C(c2ccc([N+](=O)[O-])cc2)C2CCCN2[C@@]12C(=O)Nc1ccccc12. The second-order valence-electron chi connectivity index (χ2n) is 9.51. The van der Waals surface area contributed by atoms with Gasteiger partial charge in [-0.15, -0.1) is 0 Å². The Morgan fingerprint density at radius 2 is 1.81 bits per heavy atom. The van der Waals surface area contributed by atoms with Crippen LogP contribution in [-0.4, -0.2) is 34.1 Å². The van der Waals surface area contributed by atoms with Crippen LogP contribution in [0.15, 0.2) is 66.7 Å². The number of rotatable bonds is 4. The average Bonchev–Trinajstić information content (AvgIpc) is 3.53. The van der Waals surface area contributed by atoms with Crippen molar-refractivity contribution < 1.29 is 14.5 Å².